The van der Waals surface area contributed by atoms with Gasteiger partial charge in [-0.3, -0.25) is 4.79 Å². The standard InChI is InChI=1S/C15H24N2O2/c1-9-6-7-12(11(3)10(9)2)14(17(4)5)8-13(16)15(18)19/h6-7,13-14H,8,16H2,1-5H3,(H,18,19). The van der Waals surface area contributed by atoms with Crippen molar-refractivity contribution in [3.63, 3.8) is 0 Å². The van der Waals surface area contributed by atoms with E-state index < -0.39 is 12.0 Å². The van der Waals surface area contributed by atoms with E-state index in [9.17, 15) is 4.79 Å². The van der Waals surface area contributed by atoms with Gasteiger partial charge in [0.1, 0.15) is 6.04 Å². The second-order valence-electron chi connectivity index (χ2n) is 5.38. The maximum atomic E-state index is 11.0. The number of carbonyl (C=O) groups is 1. The summed E-state index contributed by atoms with van der Waals surface area (Å²) in [5, 5.41) is 8.98. The number of aryl methyl sites for hydroxylation is 1. The van der Waals surface area contributed by atoms with Crippen LogP contribution >= 0.6 is 0 Å². The number of benzene rings is 1. The summed E-state index contributed by atoms with van der Waals surface area (Å²) in [5.74, 6) is -0.951. The summed E-state index contributed by atoms with van der Waals surface area (Å²) in [6.07, 6.45) is 0.408. The molecular weight excluding hydrogens is 240 g/mol. The largest absolute Gasteiger partial charge is 0.480 e. The van der Waals surface area contributed by atoms with Crippen molar-refractivity contribution >= 4 is 5.97 Å². The van der Waals surface area contributed by atoms with Gasteiger partial charge in [0.15, 0.2) is 0 Å². The van der Waals surface area contributed by atoms with Crippen molar-refractivity contribution < 1.29 is 9.90 Å². The molecule has 19 heavy (non-hydrogen) atoms. The highest BCUT2D eigenvalue weighted by Gasteiger charge is 2.23. The summed E-state index contributed by atoms with van der Waals surface area (Å²) < 4.78 is 0. The third-order valence-corrected chi connectivity index (χ3v) is 3.88. The van der Waals surface area contributed by atoms with Gasteiger partial charge in [0.25, 0.3) is 0 Å². The van der Waals surface area contributed by atoms with Crippen LogP contribution < -0.4 is 5.73 Å². The van der Waals surface area contributed by atoms with Crippen molar-refractivity contribution in [2.45, 2.75) is 39.3 Å². The SMILES string of the molecule is Cc1ccc(C(CC(N)C(=O)O)N(C)C)c(C)c1C. The van der Waals surface area contributed by atoms with Crippen LogP contribution in [0.15, 0.2) is 12.1 Å². The van der Waals surface area contributed by atoms with Gasteiger partial charge in [-0.1, -0.05) is 12.1 Å². The van der Waals surface area contributed by atoms with E-state index in [1.165, 1.54) is 16.7 Å². The molecule has 0 aliphatic rings. The zero-order valence-corrected chi connectivity index (χ0v) is 12.4. The first-order chi connectivity index (χ1) is 8.75. The second-order valence-corrected chi connectivity index (χ2v) is 5.38. The van der Waals surface area contributed by atoms with Crippen LogP contribution in [0.1, 0.15) is 34.7 Å². The molecule has 2 unspecified atom stereocenters. The minimum Gasteiger partial charge on any atom is -0.480 e. The van der Waals surface area contributed by atoms with Crippen LogP contribution in [0.25, 0.3) is 0 Å². The predicted molar refractivity (Wildman–Crippen MR) is 77.3 cm³/mol. The highest BCUT2D eigenvalue weighted by atomic mass is 16.4. The molecule has 4 heteroatoms. The Balaban J connectivity index is 3.13. The van der Waals surface area contributed by atoms with Gasteiger partial charge in [0.05, 0.1) is 0 Å². The molecule has 0 radical (unpaired) electrons. The van der Waals surface area contributed by atoms with Crippen LogP contribution in [0.3, 0.4) is 0 Å². The molecular formula is C15H24N2O2. The number of nitrogens with two attached hydrogens (primary N) is 1. The number of carboxylic acids is 1. The first-order valence-corrected chi connectivity index (χ1v) is 6.47. The smallest absolute Gasteiger partial charge is 0.320 e. The lowest BCUT2D eigenvalue weighted by atomic mass is 9.90. The molecule has 4 nitrogen and oxygen atoms in total. The number of aliphatic carboxylic acids is 1. The maximum Gasteiger partial charge on any atom is 0.320 e. The minimum absolute atomic E-state index is 0.0189. The summed E-state index contributed by atoms with van der Waals surface area (Å²) in [5.41, 5.74) is 10.6. The predicted octanol–water partition coefficient (Wildman–Crippen LogP) is 2.02. The van der Waals surface area contributed by atoms with Gasteiger partial charge in [0, 0.05) is 6.04 Å². The molecule has 3 N–H and O–H groups in total. The van der Waals surface area contributed by atoms with Crippen LogP contribution in [0.4, 0.5) is 0 Å². The topological polar surface area (TPSA) is 66.6 Å². The number of hydrogen-bond acceptors (Lipinski definition) is 3. The van der Waals surface area contributed by atoms with E-state index in [2.05, 4.69) is 32.9 Å². The summed E-state index contributed by atoms with van der Waals surface area (Å²) in [4.78, 5) is 13.0. The molecule has 0 amide bonds. The van der Waals surface area contributed by atoms with Crippen molar-refractivity contribution in [3.05, 3.63) is 34.4 Å². The summed E-state index contributed by atoms with van der Waals surface area (Å²) in [6.45, 7) is 6.26. The lowest BCUT2D eigenvalue weighted by Crippen LogP contribution is -2.35. The Hall–Kier alpha value is -1.39. The number of rotatable bonds is 5. The molecule has 0 aliphatic carbocycles. The number of hydrogen-bond donors (Lipinski definition) is 2. The Bertz CT molecular complexity index is 469. The Morgan fingerprint density at radius 3 is 2.32 bits per heavy atom. The quantitative estimate of drug-likeness (QED) is 0.854. The zero-order chi connectivity index (χ0) is 14.7. The number of nitrogens with zero attached hydrogens (tertiary/aromatic N) is 1. The van der Waals surface area contributed by atoms with Gasteiger partial charge in [-0.2, -0.15) is 0 Å². The van der Waals surface area contributed by atoms with E-state index in [1.807, 2.05) is 19.0 Å². The highest BCUT2D eigenvalue weighted by molar-refractivity contribution is 5.73. The van der Waals surface area contributed by atoms with Gasteiger partial charge in [-0.15, -0.1) is 0 Å². The fourth-order valence-corrected chi connectivity index (χ4v) is 2.30. The van der Waals surface area contributed by atoms with E-state index >= 15 is 0 Å². The molecule has 0 fully saturated rings. The van der Waals surface area contributed by atoms with Crippen molar-refractivity contribution in [1.82, 2.24) is 4.90 Å². The Morgan fingerprint density at radius 1 is 1.26 bits per heavy atom. The normalized spacial score (nSPS) is 14.5. The molecule has 106 valence electrons. The van der Waals surface area contributed by atoms with Crippen molar-refractivity contribution in [1.29, 1.82) is 0 Å². The fraction of sp³-hybridized carbons (Fsp3) is 0.533. The van der Waals surface area contributed by atoms with E-state index in [0.717, 1.165) is 5.56 Å². The van der Waals surface area contributed by atoms with Crippen LogP contribution in [0.5, 0.6) is 0 Å². The molecule has 1 aromatic rings. The first kappa shape index (κ1) is 15.7. The van der Waals surface area contributed by atoms with Gasteiger partial charge in [-0.25, -0.2) is 0 Å². The van der Waals surface area contributed by atoms with Gasteiger partial charge in [0.2, 0.25) is 0 Å². The Morgan fingerprint density at radius 2 is 1.84 bits per heavy atom. The minimum atomic E-state index is -0.951. The van der Waals surface area contributed by atoms with Crippen LogP contribution in [-0.4, -0.2) is 36.1 Å². The van der Waals surface area contributed by atoms with Crippen LogP contribution in [0.2, 0.25) is 0 Å². The molecule has 0 bridgehead atoms. The van der Waals surface area contributed by atoms with Crippen molar-refractivity contribution in [2.75, 3.05) is 14.1 Å². The third-order valence-electron chi connectivity index (χ3n) is 3.88. The Labute approximate surface area is 115 Å². The molecule has 2 atom stereocenters. The molecule has 1 rings (SSSR count). The Kier molecular flexibility index (Phi) is 5.09. The third kappa shape index (κ3) is 3.55. The molecule has 0 aliphatic heterocycles. The molecule has 0 saturated carbocycles. The average Bonchev–Trinajstić information content (AvgIpc) is 2.33. The molecule has 0 saturated heterocycles. The van der Waals surface area contributed by atoms with Gasteiger partial charge < -0.3 is 15.7 Å². The fourth-order valence-electron chi connectivity index (χ4n) is 2.30. The number of carboxylic acid groups (broad SMARTS) is 1. The average molecular weight is 264 g/mol. The summed E-state index contributed by atoms with van der Waals surface area (Å²) in [6, 6.07) is 3.34. The van der Waals surface area contributed by atoms with E-state index in [-0.39, 0.29) is 6.04 Å². The monoisotopic (exact) mass is 264 g/mol. The van der Waals surface area contributed by atoms with Gasteiger partial charge in [-0.05, 0) is 63.5 Å². The molecule has 0 spiro atoms. The molecule has 0 aromatic heterocycles. The first-order valence-electron chi connectivity index (χ1n) is 6.47. The summed E-state index contributed by atoms with van der Waals surface area (Å²) >= 11 is 0. The molecule has 1 aromatic carbocycles. The highest BCUT2D eigenvalue weighted by Crippen LogP contribution is 2.29. The van der Waals surface area contributed by atoms with Crippen molar-refractivity contribution in [2.24, 2.45) is 5.73 Å². The lowest BCUT2D eigenvalue weighted by Gasteiger charge is -2.28. The van der Waals surface area contributed by atoms with Crippen LogP contribution in [-0.2, 0) is 4.79 Å². The maximum absolute atomic E-state index is 11.0. The summed E-state index contributed by atoms with van der Waals surface area (Å²) in [7, 11) is 3.90. The van der Waals surface area contributed by atoms with Crippen molar-refractivity contribution in [3.8, 4) is 0 Å². The van der Waals surface area contributed by atoms with E-state index in [1.54, 1.807) is 0 Å². The van der Waals surface area contributed by atoms with Crippen LogP contribution in [0, 0.1) is 20.8 Å². The zero-order valence-electron chi connectivity index (χ0n) is 12.4. The van der Waals surface area contributed by atoms with Gasteiger partial charge >= 0.3 is 5.97 Å². The van der Waals surface area contributed by atoms with E-state index in [4.69, 9.17) is 10.8 Å². The molecule has 0 heterocycles. The second kappa shape index (κ2) is 6.17. The van der Waals surface area contributed by atoms with E-state index in [0.29, 0.717) is 6.42 Å². The lowest BCUT2D eigenvalue weighted by molar-refractivity contribution is -0.139.